The standard InChI is InChI=1S/C13H12FNO4/c1-15-10(7-3-5-8(14)6-4-7)11(16)9(12(15)17)13(18)19-2/h3-6,10,16H,1-2H3. The first-order chi connectivity index (χ1) is 8.97. The number of rotatable bonds is 2. The molecular weight excluding hydrogens is 253 g/mol. The van der Waals surface area contributed by atoms with Crippen LogP contribution in [-0.2, 0) is 14.3 Å². The molecule has 0 saturated heterocycles. The van der Waals surface area contributed by atoms with Crippen molar-refractivity contribution >= 4 is 11.9 Å². The second-order valence-electron chi connectivity index (χ2n) is 4.12. The predicted molar refractivity (Wildman–Crippen MR) is 63.6 cm³/mol. The fraction of sp³-hybridized carbons (Fsp3) is 0.231. The summed E-state index contributed by atoms with van der Waals surface area (Å²) in [6.45, 7) is 0. The maximum atomic E-state index is 12.9. The van der Waals surface area contributed by atoms with Gasteiger partial charge < -0.3 is 14.7 Å². The zero-order valence-corrected chi connectivity index (χ0v) is 10.4. The van der Waals surface area contributed by atoms with Crippen LogP contribution < -0.4 is 0 Å². The Kier molecular flexibility index (Phi) is 3.25. The predicted octanol–water partition coefficient (Wildman–Crippen LogP) is 1.32. The van der Waals surface area contributed by atoms with E-state index in [1.165, 1.54) is 36.2 Å². The third-order valence-electron chi connectivity index (χ3n) is 3.01. The normalized spacial score (nSPS) is 19.0. The minimum Gasteiger partial charge on any atom is -0.509 e. The van der Waals surface area contributed by atoms with Crippen molar-refractivity contribution in [2.24, 2.45) is 0 Å². The Morgan fingerprint density at radius 1 is 1.37 bits per heavy atom. The summed E-state index contributed by atoms with van der Waals surface area (Å²) in [5, 5.41) is 10.0. The fourth-order valence-electron chi connectivity index (χ4n) is 2.04. The molecule has 0 radical (unpaired) electrons. The molecule has 19 heavy (non-hydrogen) atoms. The summed E-state index contributed by atoms with van der Waals surface area (Å²) in [5.41, 5.74) is 0.118. The Morgan fingerprint density at radius 3 is 2.47 bits per heavy atom. The highest BCUT2D eigenvalue weighted by atomic mass is 19.1. The number of likely N-dealkylation sites (N-methyl/N-ethyl adjacent to an activating group) is 1. The number of hydrogen-bond acceptors (Lipinski definition) is 4. The van der Waals surface area contributed by atoms with Gasteiger partial charge in [0, 0.05) is 7.05 Å². The number of nitrogens with zero attached hydrogens (tertiary/aromatic N) is 1. The number of methoxy groups -OCH3 is 1. The van der Waals surface area contributed by atoms with Crippen molar-refractivity contribution in [2.75, 3.05) is 14.2 Å². The van der Waals surface area contributed by atoms with Crippen molar-refractivity contribution in [1.29, 1.82) is 0 Å². The molecule has 0 aliphatic carbocycles. The lowest BCUT2D eigenvalue weighted by molar-refractivity contribution is -0.139. The summed E-state index contributed by atoms with van der Waals surface area (Å²) in [6, 6.07) is 4.52. The smallest absolute Gasteiger partial charge is 0.347 e. The zero-order valence-electron chi connectivity index (χ0n) is 10.4. The van der Waals surface area contributed by atoms with E-state index in [9.17, 15) is 19.1 Å². The lowest BCUT2D eigenvalue weighted by Gasteiger charge is -2.20. The number of amides is 1. The van der Waals surface area contributed by atoms with Crippen molar-refractivity contribution in [2.45, 2.75) is 6.04 Å². The van der Waals surface area contributed by atoms with Gasteiger partial charge in [-0.15, -0.1) is 0 Å². The van der Waals surface area contributed by atoms with Crippen molar-refractivity contribution in [3.05, 3.63) is 47.0 Å². The largest absolute Gasteiger partial charge is 0.509 e. The van der Waals surface area contributed by atoms with Crippen molar-refractivity contribution in [3.8, 4) is 0 Å². The highest BCUT2D eigenvalue weighted by Gasteiger charge is 2.42. The topological polar surface area (TPSA) is 66.8 Å². The first-order valence-electron chi connectivity index (χ1n) is 5.51. The Labute approximate surface area is 108 Å². The Balaban J connectivity index is 2.46. The first-order valence-corrected chi connectivity index (χ1v) is 5.51. The summed E-state index contributed by atoms with van der Waals surface area (Å²) < 4.78 is 17.3. The Morgan fingerprint density at radius 2 is 1.95 bits per heavy atom. The van der Waals surface area contributed by atoms with Gasteiger partial charge in [0.2, 0.25) is 0 Å². The monoisotopic (exact) mass is 265 g/mol. The van der Waals surface area contributed by atoms with E-state index >= 15 is 0 Å². The SMILES string of the molecule is COC(=O)C1=C(O)C(c2ccc(F)cc2)N(C)C1=O. The van der Waals surface area contributed by atoms with Gasteiger partial charge >= 0.3 is 5.97 Å². The van der Waals surface area contributed by atoms with E-state index < -0.39 is 23.7 Å². The summed E-state index contributed by atoms with van der Waals surface area (Å²) >= 11 is 0. The quantitative estimate of drug-likeness (QED) is 0.647. The van der Waals surface area contributed by atoms with Crippen LogP contribution in [0.4, 0.5) is 4.39 Å². The molecule has 5 nitrogen and oxygen atoms in total. The number of ether oxygens (including phenoxy) is 1. The second kappa shape index (κ2) is 4.72. The molecule has 100 valence electrons. The molecule has 0 fully saturated rings. The molecule has 0 bridgehead atoms. The van der Waals surface area contributed by atoms with Gasteiger partial charge in [-0.05, 0) is 17.7 Å². The molecule has 1 aliphatic heterocycles. The van der Waals surface area contributed by atoms with Crippen molar-refractivity contribution in [3.63, 3.8) is 0 Å². The molecule has 1 aliphatic rings. The van der Waals surface area contributed by atoms with Crippen LogP contribution in [0.3, 0.4) is 0 Å². The summed E-state index contributed by atoms with van der Waals surface area (Å²) in [4.78, 5) is 24.6. The molecule has 1 heterocycles. The number of benzene rings is 1. The van der Waals surface area contributed by atoms with E-state index in [0.717, 1.165) is 7.11 Å². The molecule has 0 spiro atoms. The van der Waals surface area contributed by atoms with Gasteiger partial charge in [-0.25, -0.2) is 9.18 Å². The third kappa shape index (κ3) is 2.05. The number of esters is 1. The number of aliphatic hydroxyl groups excluding tert-OH is 1. The summed E-state index contributed by atoms with van der Waals surface area (Å²) in [7, 11) is 2.57. The average molecular weight is 265 g/mol. The van der Waals surface area contributed by atoms with Crippen LogP contribution >= 0.6 is 0 Å². The highest BCUT2D eigenvalue weighted by Crippen LogP contribution is 2.35. The number of carbonyl (C=O) groups excluding carboxylic acids is 2. The summed E-state index contributed by atoms with van der Waals surface area (Å²) in [6.07, 6.45) is 0. The molecule has 1 atom stereocenters. The first kappa shape index (κ1) is 13.1. The lowest BCUT2D eigenvalue weighted by atomic mass is 10.0. The van der Waals surface area contributed by atoms with Gasteiger partial charge in [0.1, 0.15) is 17.6 Å². The molecule has 1 N–H and O–H groups in total. The van der Waals surface area contributed by atoms with Crippen LogP contribution in [0.25, 0.3) is 0 Å². The van der Waals surface area contributed by atoms with Crippen LogP contribution in [0.1, 0.15) is 11.6 Å². The number of hydrogen-bond donors (Lipinski definition) is 1. The second-order valence-corrected chi connectivity index (χ2v) is 4.12. The number of carbonyl (C=O) groups is 2. The number of aliphatic hydroxyl groups is 1. The molecule has 2 rings (SSSR count). The minimum atomic E-state index is -0.890. The maximum Gasteiger partial charge on any atom is 0.347 e. The van der Waals surface area contributed by atoms with E-state index in [1.807, 2.05) is 0 Å². The highest BCUT2D eigenvalue weighted by molar-refractivity contribution is 6.18. The molecule has 1 unspecified atom stereocenters. The van der Waals surface area contributed by atoms with Crippen molar-refractivity contribution < 1.29 is 23.8 Å². The van der Waals surface area contributed by atoms with Gasteiger partial charge in [0.15, 0.2) is 5.57 Å². The number of halogens is 1. The van der Waals surface area contributed by atoms with Gasteiger partial charge in [-0.3, -0.25) is 4.79 Å². The van der Waals surface area contributed by atoms with E-state index in [-0.39, 0.29) is 11.3 Å². The Hall–Kier alpha value is -2.37. The molecule has 1 aromatic rings. The molecular formula is C13H12FNO4. The fourth-order valence-corrected chi connectivity index (χ4v) is 2.04. The van der Waals surface area contributed by atoms with Crippen LogP contribution in [0.2, 0.25) is 0 Å². The van der Waals surface area contributed by atoms with Crippen molar-refractivity contribution in [1.82, 2.24) is 4.90 Å². The van der Waals surface area contributed by atoms with Gasteiger partial charge in [0.25, 0.3) is 5.91 Å². The molecule has 1 amide bonds. The van der Waals surface area contributed by atoms with Gasteiger partial charge in [-0.1, -0.05) is 12.1 Å². The van der Waals surface area contributed by atoms with Crippen LogP contribution in [0.5, 0.6) is 0 Å². The minimum absolute atomic E-state index is 0.383. The Bertz CT molecular complexity index is 565. The zero-order chi connectivity index (χ0) is 14.2. The van der Waals surface area contributed by atoms with Crippen LogP contribution in [0.15, 0.2) is 35.6 Å². The van der Waals surface area contributed by atoms with E-state index in [1.54, 1.807) is 0 Å². The van der Waals surface area contributed by atoms with E-state index in [4.69, 9.17) is 0 Å². The molecule has 1 aromatic carbocycles. The lowest BCUT2D eigenvalue weighted by Crippen LogP contribution is -2.27. The molecule has 0 saturated carbocycles. The maximum absolute atomic E-state index is 12.9. The van der Waals surface area contributed by atoms with E-state index in [2.05, 4.69) is 4.74 Å². The molecule has 6 heteroatoms. The van der Waals surface area contributed by atoms with E-state index in [0.29, 0.717) is 5.56 Å². The third-order valence-corrected chi connectivity index (χ3v) is 3.01. The molecule has 0 aromatic heterocycles. The van der Waals surface area contributed by atoms with Crippen LogP contribution in [0, 0.1) is 5.82 Å². The van der Waals surface area contributed by atoms with Crippen LogP contribution in [-0.4, -0.2) is 36.0 Å². The van der Waals surface area contributed by atoms with Gasteiger partial charge in [0.05, 0.1) is 7.11 Å². The summed E-state index contributed by atoms with van der Waals surface area (Å²) in [5.74, 6) is -2.32. The van der Waals surface area contributed by atoms with Gasteiger partial charge in [-0.2, -0.15) is 0 Å². The average Bonchev–Trinajstić information content (AvgIpc) is 2.61.